The number of aromatic nitrogens is 2. The van der Waals surface area contributed by atoms with Crippen LogP contribution in [-0.2, 0) is 0 Å². The van der Waals surface area contributed by atoms with E-state index in [1.807, 2.05) is 53.1 Å². The summed E-state index contributed by atoms with van der Waals surface area (Å²) in [6.45, 7) is 1.48. The van der Waals surface area contributed by atoms with Gasteiger partial charge in [-0.1, -0.05) is 29.8 Å². The first-order valence-corrected chi connectivity index (χ1v) is 10.3. The minimum absolute atomic E-state index is 0.0651. The highest BCUT2D eigenvalue weighted by Gasteiger charge is 2.24. The second-order valence-electron chi connectivity index (χ2n) is 5.93. The van der Waals surface area contributed by atoms with Gasteiger partial charge in [-0.15, -0.1) is 0 Å². The number of fused-ring (bicyclic) bond motifs is 1. The third kappa shape index (κ3) is 3.52. The van der Waals surface area contributed by atoms with Gasteiger partial charge in [-0.3, -0.25) is 4.79 Å². The van der Waals surface area contributed by atoms with Crippen LogP contribution in [-0.4, -0.2) is 38.4 Å². The molecular formula is C18H16ClN3OS2. The van der Waals surface area contributed by atoms with Crippen LogP contribution in [0, 0.1) is 0 Å². The Bertz CT molecular complexity index is 914. The maximum Gasteiger partial charge on any atom is 0.253 e. The number of amides is 1. The van der Waals surface area contributed by atoms with E-state index in [0.29, 0.717) is 10.8 Å². The summed E-state index contributed by atoms with van der Waals surface area (Å²) in [5.74, 6) is 0.970. The van der Waals surface area contributed by atoms with E-state index >= 15 is 0 Å². The summed E-state index contributed by atoms with van der Waals surface area (Å²) in [4.78, 5) is 14.8. The summed E-state index contributed by atoms with van der Waals surface area (Å²) in [5, 5.41) is 1.14. The van der Waals surface area contributed by atoms with Crippen molar-refractivity contribution in [1.82, 2.24) is 13.6 Å². The van der Waals surface area contributed by atoms with Gasteiger partial charge >= 0.3 is 0 Å². The maximum absolute atomic E-state index is 12.9. The summed E-state index contributed by atoms with van der Waals surface area (Å²) < 4.78 is 8.42. The summed E-state index contributed by atoms with van der Waals surface area (Å²) in [7, 11) is 0. The van der Waals surface area contributed by atoms with Gasteiger partial charge in [0.05, 0.1) is 11.7 Å². The Morgan fingerprint density at radius 2 is 1.96 bits per heavy atom. The zero-order valence-corrected chi connectivity index (χ0v) is 15.8. The van der Waals surface area contributed by atoms with E-state index in [1.165, 1.54) is 17.3 Å². The smallest absolute Gasteiger partial charge is 0.253 e. The number of carbonyl (C=O) groups excluding carboxylic acids is 1. The summed E-state index contributed by atoms with van der Waals surface area (Å²) in [6, 6.07) is 13.5. The van der Waals surface area contributed by atoms with Crippen molar-refractivity contribution in [3.8, 4) is 0 Å². The first-order chi connectivity index (χ1) is 12.2. The molecule has 2 heterocycles. The number of nitrogens with zero attached hydrogens (tertiary/aromatic N) is 3. The molecule has 0 bridgehead atoms. The quantitative estimate of drug-likeness (QED) is 0.639. The number of thioether (sulfide) groups is 1. The fourth-order valence-corrected chi connectivity index (χ4v) is 5.17. The molecule has 0 saturated carbocycles. The van der Waals surface area contributed by atoms with Crippen LogP contribution in [0.5, 0.6) is 0 Å². The van der Waals surface area contributed by atoms with Crippen LogP contribution in [0.1, 0.15) is 27.6 Å². The van der Waals surface area contributed by atoms with E-state index in [0.717, 1.165) is 41.3 Å². The number of hydrogen-bond donors (Lipinski definition) is 0. The van der Waals surface area contributed by atoms with E-state index < -0.39 is 0 Å². The predicted molar refractivity (Wildman–Crippen MR) is 105 cm³/mol. The molecule has 1 aromatic heterocycles. The molecule has 3 aromatic rings. The van der Waals surface area contributed by atoms with Gasteiger partial charge < -0.3 is 4.90 Å². The Balaban J connectivity index is 1.50. The number of carbonyl (C=O) groups is 1. The van der Waals surface area contributed by atoms with Crippen LogP contribution < -0.4 is 0 Å². The largest absolute Gasteiger partial charge is 0.338 e. The van der Waals surface area contributed by atoms with Crippen molar-refractivity contribution in [2.45, 2.75) is 11.7 Å². The lowest BCUT2D eigenvalue weighted by Crippen LogP contribution is -2.32. The minimum Gasteiger partial charge on any atom is -0.338 e. The zero-order valence-electron chi connectivity index (χ0n) is 13.4. The van der Waals surface area contributed by atoms with Gasteiger partial charge in [-0.05, 0) is 36.2 Å². The van der Waals surface area contributed by atoms with Crippen LogP contribution >= 0.6 is 35.1 Å². The normalized spacial score (nSPS) is 18.3. The topological polar surface area (TPSA) is 46.1 Å². The highest BCUT2D eigenvalue weighted by atomic mass is 35.5. The SMILES string of the molecule is O=C(c1ccc2nsnc2c1)N1CCS[C@H](c2ccccc2Cl)CC1. The van der Waals surface area contributed by atoms with E-state index in [9.17, 15) is 4.79 Å². The monoisotopic (exact) mass is 389 g/mol. The standard InChI is InChI=1S/C18H16ClN3OS2/c19-14-4-2-1-3-13(14)17-7-8-22(9-10-24-17)18(23)12-5-6-15-16(11-12)21-25-20-15/h1-6,11,17H,7-10H2/t17-/m0/s1. The van der Waals surface area contributed by atoms with Gasteiger partial charge in [0.2, 0.25) is 0 Å². The Morgan fingerprint density at radius 3 is 2.84 bits per heavy atom. The average molecular weight is 390 g/mol. The van der Waals surface area contributed by atoms with E-state index in [4.69, 9.17) is 11.6 Å². The predicted octanol–water partition coefficient (Wildman–Crippen LogP) is 4.67. The van der Waals surface area contributed by atoms with Crippen LogP contribution in [0.25, 0.3) is 11.0 Å². The molecule has 1 saturated heterocycles. The lowest BCUT2D eigenvalue weighted by atomic mass is 10.1. The summed E-state index contributed by atoms with van der Waals surface area (Å²) in [5.41, 5.74) is 3.47. The Kier molecular flexibility index (Phi) is 4.92. The Labute approximate surface area is 159 Å². The molecule has 128 valence electrons. The van der Waals surface area contributed by atoms with Crippen LogP contribution in [0.15, 0.2) is 42.5 Å². The van der Waals surface area contributed by atoms with Crippen molar-refractivity contribution in [2.75, 3.05) is 18.8 Å². The fraction of sp³-hybridized carbons (Fsp3) is 0.278. The lowest BCUT2D eigenvalue weighted by Gasteiger charge is -2.20. The molecule has 0 aliphatic carbocycles. The molecule has 4 rings (SSSR count). The second-order valence-corrected chi connectivity index (χ2v) is 8.18. The first-order valence-electron chi connectivity index (χ1n) is 8.10. The first kappa shape index (κ1) is 16.8. The molecule has 7 heteroatoms. The van der Waals surface area contributed by atoms with Gasteiger partial charge in [0.15, 0.2) is 0 Å². The third-order valence-corrected chi connectivity index (χ3v) is 6.59. The van der Waals surface area contributed by atoms with E-state index in [1.54, 1.807) is 0 Å². The molecule has 0 N–H and O–H groups in total. The van der Waals surface area contributed by atoms with E-state index in [2.05, 4.69) is 14.8 Å². The maximum atomic E-state index is 12.9. The average Bonchev–Trinajstić information content (AvgIpc) is 2.97. The van der Waals surface area contributed by atoms with Gasteiger partial charge in [0, 0.05) is 34.7 Å². The molecule has 0 unspecified atom stereocenters. The van der Waals surface area contributed by atoms with Crippen molar-refractivity contribution in [3.63, 3.8) is 0 Å². The van der Waals surface area contributed by atoms with Crippen molar-refractivity contribution in [3.05, 3.63) is 58.6 Å². The highest BCUT2D eigenvalue weighted by Crippen LogP contribution is 2.38. The van der Waals surface area contributed by atoms with Gasteiger partial charge in [0.25, 0.3) is 5.91 Å². The number of halogens is 1. The fourth-order valence-electron chi connectivity index (χ4n) is 3.06. The Hall–Kier alpha value is -1.63. The van der Waals surface area contributed by atoms with Crippen LogP contribution in [0.4, 0.5) is 0 Å². The minimum atomic E-state index is 0.0651. The Morgan fingerprint density at radius 1 is 1.12 bits per heavy atom. The molecular weight excluding hydrogens is 374 g/mol. The molecule has 1 amide bonds. The lowest BCUT2D eigenvalue weighted by molar-refractivity contribution is 0.0766. The molecule has 2 aromatic carbocycles. The van der Waals surface area contributed by atoms with Crippen LogP contribution in [0.2, 0.25) is 5.02 Å². The van der Waals surface area contributed by atoms with Gasteiger partial charge in [-0.25, -0.2) is 0 Å². The van der Waals surface area contributed by atoms with E-state index in [-0.39, 0.29) is 5.91 Å². The molecule has 25 heavy (non-hydrogen) atoms. The van der Waals surface area contributed by atoms with Crippen LogP contribution in [0.3, 0.4) is 0 Å². The molecule has 4 nitrogen and oxygen atoms in total. The molecule has 0 radical (unpaired) electrons. The number of benzene rings is 2. The number of hydrogen-bond acceptors (Lipinski definition) is 5. The zero-order chi connectivity index (χ0) is 17.2. The summed E-state index contributed by atoms with van der Waals surface area (Å²) >= 11 is 9.39. The molecule has 1 fully saturated rings. The summed E-state index contributed by atoms with van der Waals surface area (Å²) in [6.07, 6.45) is 0.903. The van der Waals surface area contributed by atoms with Crippen molar-refractivity contribution >= 4 is 52.0 Å². The highest BCUT2D eigenvalue weighted by molar-refractivity contribution is 7.99. The van der Waals surface area contributed by atoms with Gasteiger partial charge in [0.1, 0.15) is 11.0 Å². The van der Waals surface area contributed by atoms with Gasteiger partial charge in [-0.2, -0.15) is 20.5 Å². The molecule has 0 spiro atoms. The second kappa shape index (κ2) is 7.32. The van der Waals surface area contributed by atoms with Crippen molar-refractivity contribution in [1.29, 1.82) is 0 Å². The van der Waals surface area contributed by atoms with Crippen molar-refractivity contribution in [2.24, 2.45) is 0 Å². The molecule has 1 aliphatic heterocycles. The molecule has 1 aliphatic rings. The van der Waals surface area contributed by atoms with Crippen molar-refractivity contribution < 1.29 is 4.79 Å². The third-order valence-electron chi connectivity index (χ3n) is 4.38. The molecule has 1 atom stereocenters. The number of rotatable bonds is 2.